The van der Waals surface area contributed by atoms with Gasteiger partial charge in [-0.05, 0) is 42.8 Å². The Labute approximate surface area is 157 Å². The number of carbonyl (C=O) groups is 1. The minimum absolute atomic E-state index is 0.0260. The number of carbonyl (C=O) groups excluding carboxylic acids is 1. The summed E-state index contributed by atoms with van der Waals surface area (Å²) in [5, 5.41) is 9.76. The molecule has 0 bridgehead atoms. The molecule has 26 heavy (non-hydrogen) atoms. The van der Waals surface area contributed by atoms with Crippen LogP contribution in [-0.4, -0.2) is 26.6 Å². The molecule has 0 aromatic heterocycles. The lowest BCUT2D eigenvalue weighted by Crippen LogP contribution is -2.02. The van der Waals surface area contributed by atoms with Gasteiger partial charge in [-0.2, -0.15) is 5.26 Å². The summed E-state index contributed by atoms with van der Waals surface area (Å²) in [6, 6.07) is 11.9. The fourth-order valence-electron chi connectivity index (χ4n) is 2.37. The summed E-state index contributed by atoms with van der Waals surface area (Å²) in [6.45, 7) is 2.26. The molecule has 0 amide bonds. The van der Waals surface area contributed by atoms with Crippen LogP contribution in [0.5, 0.6) is 17.2 Å². The predicted octanol–water partition coefficient (Wildman–Crippen LogP) is 4.55. The molecule has 0 saturated carbocycles. The van der Waals surface area contributed by atoms with Crippen LogP contribution in [0.15, 0.2) is 42.0 Å². The van der Waals surface area contributed by atoms with Gasteiger partial charge >= 0.3 is 0 Å². The molecule has 0 radical (unpaired) electrons. The molecule has 2 aromatic rings. The molecule has 0 saturated heterocycles. The Kier molecular flexibility index (Phi) is 6.65. The second-order valence-electron chi connectivity index (χ2n) is 5.20. The lowest BCUT2D eigenvalue weighted by atomic mass is 10.0. The highest BCUT2D eigenvalue weighted by Gasteiger charge is 2.15. The number of Topliss-reactive ketones (excluding diaryl/α,β-unsaturated/α-hetero) is 1. The van der Waals surface area contributed by atoms with Gasteiger partial charge in [0.05, 0.1) is 25.8 Å². The molecule has 0 aliphatic rings. The maximum Gasteiger partial charge on any atom is 0.203 e. The van der Waals surface area contributed by atoms with Crippen molar-refractivity contribution in [2.45, 2.75) is 6.92 Å². The number of ketones is 1. The maximum absolute atomic E-state index is 12.6. The third-order valence-corrected chi connectivity index (χ3v) is 3.82. The van der Waals surface area contributed by atoms with Gasteiger partial charge in [0, 0.05) is 5.56 Å². The minimum atomic E-state index is -0.406. The Morgan fingerprint density at radius 3 is 2.62 bits per heavy atom. The van der Waals surface area contributed by atoms with E-state index in [2.05, 4.69) is 0 Å². The predicted molar refractivity (Wildman–Crippen MR) is 100 cm³/mol. The monoisotopic (exact) mass is 371 g/mol. The van der Waals surface area contributed by atoms with Crippen molar-refractivity contribution in [1.29, 1.82) is 5.26 Å². The van der Waals surface area contributed by atoms with E-state index in [1.807, 2.05) is 13.0 Å². The quantitative estimate of drug-likeness (QED) is 0.406. The molecule has 134 valence electrons. The summed E-state index contributed by atoms with van der Waals surface area (Å²) in [4.78, 5) is 12.6. The average Bonchev–Trinajstić information content (AvgIpc) is 2.65. The van der Waals surface area contributed by atoms with Crippen LogP contribution in [0, 0.1) is 11.3 Å². The van der Waals surface area contributed by atoms with Gasteiger partial charge in [-0.1, -0.05) is 23.7 Å². The number of allylic oxidation sites excluding steroid dienone is 1. The third kappa shape index (κ3) is 4.35. The molecule has 0 spiro atoms. The van der Waals surface area contributed by atoms with Gasteiger partial charge in [0.15, 0.2) is 11.5 Å². The number of hydrogen-bond donors (Lipinski definition) is 0. The zero-order chi connectivity index (χ0) is 19.1. The number of rotatable bonds is 7. The molecule has 2 aromatic carbocycles. The fourth-order valence-corrected chi connectivity index (χ4v) is 2.66. The van der Waals surface area contributed by atoms with Crippen molar-refractivity contribution in [3.63, 3.8) is 0 Å². The van der Waals surface area contributed by atoms with Crippen LogP contribution in [0.3, 0.4) is 0 Å². The number of halogens is 1. The summed E-state index contributed by atoms with van der Waals surface area (Å²) >= 11 is 6.21. The van der Waals surface area contributed by atoms with Crippen molar-refractivity contribution < 1.29 is 19.0 Å². The molecule has 0 unspecified atom stereocenters. The number of benzene rings is 2. The first-order valence-corrected chi connectivity index (χ1v) is 8.22. The average molecular weight is 372 g/mol. The Morgan fingerprint density at radius 1 is 1.23 bits per heavy atom. The highest BCUT2D eigenvalue weighted by molar-refractivity contribution is 6.32. The van der Waals surface area contributed by atoms with Crippen LogP contribution in [0.25, 0.3) is 6.08 Å². The lowest BCUT2D eigenvalue weighted by molar-refractivity contribution is 0.103. The van der Waals surface area contributed by atoms with Gasteiger partial charge in [-0.15, -0.1) is 0 Å². The van der Waals surface area contributed by atoms with Gasteiger partial charge in [0.25, 0.3) is 0 Å². The zero-order valence-electron chi connectivity index (χ0n) is 14.7. The highest BCUT2D eigenvalue weighted by atomic mass is 35.5. The Balaban J connectivity index is 2.45. The largest absolute Gasteiger partial charge is 0.497 e. The van der Waals surface area contributed by atoms with Gasteiger partial charge < -0.3 is 14.2 Å². The second-order valence-corrected chi connectivity index (χ2v) is 5.61. The van der Waals surface area contributed by atoms with Crippen molar-refractivity contribution >= 4 is 23.5 Å². The van der Waals surface area contributed by atoms with Crippen LogP contribution < -0.4 is 14.2 Å². The summed E-state index contributed by atoms with van der Waals surface area (Å²) in [5.41, 5.74) is 0.899. The summed E-state index contributed by atoms with van der Waals surface area (Å²) < 4.78 is 15.9. The summed E-state index contributed by atoms with van der Waals surface area (Å²) in [6.07, 6.45) is 1.47. The van der Waals surface area contributed by atoms with E-state index in [-0.39, 0.29) is 5.57 Å². The van der Waals surface area contributed by atoms with E-state index in [0.29, 0.717) is 40.0 Å². The van der Waals surface area contributed by atoms with Crippen molar-refractivity contribution in [3.05, 3.63) is 58.1 Å². The van der Waals surface area contributed by atoms with E-state index in [4.69, 9.17) is 25.8 Å². The molecule has 0 aliphatic heterocycles. The SMILES string of the molecule is CCOc1cc(C=C(C#N)C(=O)c2cccc(OC)c2)cc(Cl)c1OC. The van der Waals surface area contributed by atoms with Gasteiger partial charge in [-0.3, -0.25) is 4.79 Å². The van der Waals surface area contributed by atoms with Gasteiger partial charge in [0.2, 0.25) is 5.78 Å². The Hall–Kier alpha value is -2.97. The van der Waals surface area contributed by atoms with E-state index >= 15 is 0 Å². The topological polar surface area (TPSA) is 68.5 Å². The molecular weight excluding hydrogens is 354 g/mol. The molecule has 0 N–H and O–H groups in total. The van der Waals surface area contributed by atoms with Crippen LogP contribution in [0.1, 0.15) is 22.8 Å². The molecule has 2 rings (SSSR count). The van der Waals surface area contributed by atoms with Crippen molar-refractivity contribution in [3.8, 4) is 23.3 Å². The molecule has 5 nitrogen and oxygen atoms in total. The van der Waals surface area contributed by atoms with Crippen molar-refractivity contribution in [2.75, 3.05) is 20.8 Å². The Bertz CT molecular complexity index is 884. The van der Waals surface area contributed by atoms with Crippen LogP contribution in [-0.2, 0) is 0 Å². The van der Waals surface area contributed by atoms with Crippen LogP contribution in [0.4, 0.5) is 0 Å². The number of nitriles is 1. The van der Waals surface area contributed by atoms with Crippen molar-refractivity contribution in [2.24, 2.45) is 0 Å². The highest BCUT2D eigenvalue weighted by Crippen LogP contribution is 2.37. The molecule has 0 heterocycles. The third-order valence-electron chi connectivity index (χ3n) is 3.54. The van der Waals surface area contributed by atoms with E-state index in [1.165, 1.54) is 20.3 Å². The van der Waals surface area contributed by atoms with E-state index < -0.39 is 5.78 Å². The smallest absolute Gasteiger partial charge is 0.203 e. The first kappa shape index (κ1) is 19.4. The zero-order valence-corrected chi connectivity index (χ0v) is 15.5. The number of ether oxygens (including phenoxy) is 3. The fraction of sp³-hybridized carbons (Fsp3) is 0.200. The van der Waals surface area contributed by atoms with E-state index in [1.54, 1.807) is 36.4 Å². The Morgan fingerprint density at radius 2 is 2.00 bits per heavy atom. The summed E-state index contributed by atoms with van der Waals surface area (Å²) in [5.74, 6) is 0.985. The minimum Gasteiger partial charge on any atom is -0.497 e. The maximum atomic E-state index is 12.6. The lowest BCUT2D eigenvalue weighted by Gasteiger charge is -2.12. The molecule has 0 atom stereocenters. The van der Waals surface area contributed by atoms with Crippen LogP contribution >= 0.6 is 11.6 Å². The molecule has 0 aliphatic carbocycles. The first-order chi connectivity index (χ1) is 12.5. The first-order valence-electron chi connectivity index (χ1n) is 7.84. The van der Waals surface area contributed by atoms with Crippen LogP contribution in [0.2, 0.25) is 5.02 Å². The summed E-state index contributed by atoms with van der Waals surface area (Å²) in [7, 11) is 3.01. The van der Waals surface area contributed by atoms with Gasteiger partial charge in [0.1, 0.15) is 17.4 Å². The molecule has 6 heteroatoms. The van der Waals surface area contributed by atoms with E-state index in [0.717, 1.165) is 0 Å². The number of methoxy groups -OCH3 is 2. The molecule has 0 fully saturated rings. The standard InChI is InChI=1S/C20H18ClNO4/c1-4-26-18-10-13(9-17(21)20(18)25-3)8-15(12-22)19(23)14-6-5-7-16(11-14)24-2/h5-11H,4H2,1-3H3. The molecular formula is C20H18ClNO4. The second kappa shape index (κ2) is 8.93. The number of hydrogen-bond acceptors (Lipinski definition) is 5. The van der Waals surface area contributed by atoms with E-state index in [9.17, 15) is 10.1 Å². The van der Waals surface area contributed by atoms with Gasteiger partial charge in [-0.25, -0.2) is 0 Å². The number of nitrogens with zero attached hydrogens (tertiary/aromatic N) is 1. The normalized spacial score (nSPS) is 10.8. The van der Waals surface area contributed by atoms with Crippen molar-refractivity contribution in [1.82, 2.24) is 0 Å².